The summed E-state index contributed by atoms with van der Waals surface area (Å²) in [6.45, 7) is 4.92. The third kappa shape index (κ3) is 15.1. The fourth-order valence-corrected chi connectivity index (χ4v) is 5.66. The highest BCUT2D eigenvalue weighted by molar-refractivity contribution is 6.14. The van der Waals surface area contributed by atoms with Crippen LogP contribution in [0.5, 0.6) is 0 Å². The van der Waals surface area contributed by atoms with Gasteiger partial charge in [-0.1, -0.05) is 138 Å². The van der Waals surface area contributed by atoms with Crippen LogP contribution in [0.1, 0.15) is 130 Å². The van der Waals surface area contributed by atoms with Crippen molar-refractivity contribution in [2.24, 2.45) is 0 Å². The van der Waals surface area contributed by atoms with Crippen LogP contribution in [0.4, 0.5) is 11.4 Å². The molecule has 0 atom stereocenters. The molecule has 7 heteroatoms. The lowest BCUT2D eigenvalue weighted by Crippen LogP contribution is -2.24. The van der Waals surface area contributed by atoms with Gasteiger partial charge in [0.25, 0.3) is 0 Å². The van der Waals surface area contributed by atoms with Crippen LogP contribution in [0.2, 0.25) is 0 Å². The Labute approximate surface area is 287 Å². The lowest BCUT2D eigenvalue weighted by molar-refractivity contribution is -0.121. The van der Waals surface area contributed by atoms with Crippen molar-refractivity contribution in [3.8, 4) is 0 Å². The molecule has 3 rings (SSSR count). The Morgan fingerprint density at radius 3 is 1.83 bits per heavy atom. The normalized spacial score (nSPS) is 10.8. The standard InChI is InChI=1S/C41H55N3O4/c1-3-4-5-6-7-8-9-10-11-12-13-17-29-42-38(45)21-18-22-39(46)43-35-27-28-37(36(31-35)41(48)34-19-15-14-16-20-34)44-40(47)30-33-25-23-32(2)24-26-33/h14-16,19-20,23-28,31H,3-13,17-18,21-22,29-30H2,1-2H3,(H,42,45)(H,43,46)(H,44,47). The first kappa shape index (κ1) is 38.2. The summed E-state index contributed by atoms with van der Waals surface area (Å²) < 4.78 is 0. The molecule has 0 radical (unpaired) electrons. The number of ketones is 1. The van der Waals surface area contributed by atoms with Gasteiger partial charge < -0.3 is 16.0 Å². The maximum Gasteiger partial charge on any atom is 0.228 e. The van der Waals surface area contributed by atoms with Crippen molar-refractivity contribution in [3.05, 3.63) is 95.1 Å². The molecule has 3 aromatic rings. The number of carbonyl (C=O) groups excluding carboxylic acids is 4. The van der Waals surface area contributed by atoms with E-state index in [2.05, 4.69) is 22.9 Å². The molecule has 0 saturated heterocycles. The maximum absolute atomic E-state index is 13.5. The number of hydrogen-bond acceptors (Lipinski definition) is 4. The van der Waals surface area contributed by atoms with Gasteiger partial charge in [0.2, 0.25) is 17.7 Å². The molecule has 0 aliphatic heterocycles. The summed E-state index contributed by atoms with van der Waals surface area (Å²) in [4.78, 5) is 51.3. The van der Waals surface area contributed by atoms with Crippen molar-refractivity contribution in [2.45, 2.75) is 117 Å². The first-order valence-corrected chi connectivity index (χ1v) is 18.0. The number of hydrogen-bond donors (Lipinski definition) is 3. The van der Waals surface area contributed by atoms with E-state index in [4.69, 9.17) is 0 Å². The molecule has 0 unspecified atom stereocenters. The van der Waals surface area contributed by atoms with Crippen LogP contribution in [0.15, 0.2) is 72.8 Å². The van der Waals surface area contributed by atoms with Gasteiger partial charge in [-0.05, 0) is 43.5 Å². The number of benzene rings is 3. The molecule has 3 amide bonds. The molecule has 0 saturated carbocycles. The fraction of sp³-hybridized carbons (Fsp3) is 0.463. The number of aryl methyl sites for hydroxylation is 1. The van der Waals surface area contributed by atoms with Crippen LogP contribution in [-0.4, -0.2) is 30.0 Å². The van der Waals surface area contributed by atoms with Gasteiger partial charge in [0, 0.05) is 36.2 Å². The van der Waals surface area contributed by atoms with Crippen molar-refractivity contribution in [2.75, 3.05) is 17.2 Å². The molecule has 3 N–H and O–H groups in total. The fourth-order valence-electron chi connectivity index (χ4n) is 5.66. The van der Waals surface area contributed by atoms with E-state index in [1.165, 1.54) is 64.2 Å². The topological polar surface area (TPSA) is 104 Å². The van der Waals surface area contributed by atoms with Crippen LogP contribution in [0, 0.1) is 6.92 Å². The zero-order valence-electron chi connectivity index (χ0n) is 29.1. The zero-order chi connectivity index (χ0) is 34.4. The molecule has 0 aliphatic carbocycles. The SMILES string of the molecule is CCCCCCCCCCCCCCNC(=O)CCCC(=O)Nc1ccc(NC(=O)Cc2ccc(C)cc2)c(C(=O)c2ccccc2)c1. The Balaban J connectivity index is 1.39. The van der Waals surface area contributed by atoms with E-state index in [0.29, 0.717) is 29.9 Å². The first-order chi connectivity index (χ1) is 23.4. The molecule has 48 heavy (non-hydrogen) atoms. The van der Waals surface area contributed by atoms with Crippen molar-refractivity contribution in [3.63, 3.8) is 0 Å². The number of amides is 3. The van der Waals surface area contributed by atoms with E-state index in [0.717, 1.165) is 24.0 Å². The Hall–Kier alpha value is -4.26. The van der Waals surface area contributed by atoms with Gasteiger partial charge in [-0.2, -0.15) is 0 Å². The molecule has 0 heterocycles. The van der Waals surface area contributed by atoms with Crippen LogP contribution >= 0.6 is 0 Å². The highest BCUT2D eigenvalue weighted by atomic mass is 16.2. The van der Waals surface area contributed by atoms with Gasteiger partial charge in [-0.3, -0.25) is 19.2 Å². The Bertz CT molecular complexity index is 1420. The molecule has 0 fully saturated rings. The smallest absolute Gasteiger partial charge is 0.228 e. The predicted octanol–water partition coefficient (Wildman–Crippen LogP) is 9.33. The monoisotopic (exact) mass is 653 g/mol. The van der Waals surface area contributed by atoms with E-state index < -0.39 is 0 Å². The maximum atomic E-state index is 13.5. The van der Waals surface area contributed by atoms with Crippen molar-refractivity contribution in [1.82, 2.24) is 5.32 Å². The van der Waals surface area contributed by atoms with Crippen molar-refractivity contribution < 1.29 is 19.2 Å². The third-order valence-electron chi connectivity index (χ3n) is 8.50. The molecule has 7 nitrogen and oxygen atoms in total. The average molecular weight is 654 g/mol. The van der Waals surface area contributed by atoms with E-state index in [9.17, 15) is 19.2 Å². The second-order valence-electron chi connectivity index (χ2n) is 12.8. The lowest BCUT2D eigenvalue weighted by Gasteiger charge is -2.14. The summed E-state index contributed by atoms with van der Waals surface area (Å²) in [5, 5.41) is 8.70. The van der Waals surface area contributed by atoms with Gasteiger partial charge in [-0.15, -0.1) is 0 Å². The largest absolute Gasteiger partial charge is 0.356 e. The Morgan fingerprint density at radius 2 is 1.19 bits per heavy atom. The summed E-state index contributed by atoms with van der Waals surface area (Å²) in [6, 6.07) is 21.5. The van der Waals surface area contributed by atoms with E-state index in [1.807, 2.05) is 37.3 Å². The molecule has 3 aromatic carbocycles. The molecule has 0 aromatic heterocycles. The minimum atomic E-state index is -0.262. The Morgan fingerprint density at radius 1 is 0.583 bits per heavy atom. The van der Waals surface area contributed by atoms with E-state index >= 15 is 0 Å². The van der Waals surface area contributed by atoms with Gasteiger partial charge in [0.05, 0.1) is 12.1 Å². The van der Waals surface area contributed by atoms with Crippen LogP contribution in [0.25, 0.3) is 0 Å². The number of carbonyl (C=O) groups is 4. The highest BCUT2D eigenvalue weighted by Gasteiger charge is 2.17. The summed E-state index contributed by atoms with van der Waals surface area (Å²) in [5.41, 5.74) is 3.57. The second-order valence-corrected chi connectivity index (χ2v) is 12.8. The molecule has 0 aliphatic rings. The number of anilines is 2. The van der Waals surface area contributed by atoms with E-state index in [-0.39, 0.29) is 48.3 Å². The van der Waals surface area contributed by atoms with Gasteiger partial charge in [-0.25, -0.2) is 0 Å². The summed E-state index contributed by atoms with van der Waals surface area (Å²) >= 11 is 0. The number of rotatable bonds is 23. The zero-order valence-corrected chi connectivity index (χ0v) is 29.1. The molecular formula is C41H55N3O4. The summed E-state index contributed by atoms with van der Waals surface area (Å²) in [7, 11) is 0. The third-order valence-corrected chi connectivity index (χ3v) is 8.50. The van der Waals surface area contributed by atoms with Crippen LogP contribution in [0.3, 0.4) is 0 Å². The van der Waals surface area contributed by atoms with Crippen molar-refractivity contribution in [1.29, 1.82) is 0 Å². The number of nitrogens with one attached hydrogen (secondary N) is 3. The van der Waals surface area contributed by atoms with Gasteiger partial charge in [0.15, 0.2) is 5.78 Å². The molecule has 0 spiro atoms. The summed E-state index contributed by atoms with van der Waals surface area (Å²) in [5.74, 6) is -0.776. The van der Waals surface area contributed by atoms with Crippen LogP contribution < -0.4 is 16.0 Å². The van der Waals surface area contributed by atoms with Crippen LogP contribution in [-0.2, 0) is 20.8 Å². The molecule has 0 bridgehead atoms. The van der Waals surface area contributed by atoms with Gasteiger partial charge >= 0.3 is 0 Å². The second kappa shape index (κ2) is 22.3. The van der Waals surface area contributed by atoms with Gasteiger partial charge in [0.1, 0.15) is 0 Å². The molecular weight excluding hydrogens is 598 g/mol. The minimum absolute atomic E-state index is 0.0349. The Kier molecular flexibility index (Phi) is 17.8. The van der Waals surface area contributed by atoms with E-state index in [1.54, 1.807) is 42.5 Å². The minimum Gasteiger partial charge on any atom is -0.356 e. The summed E-state index contributed by atoms with van der Waals surface area (Å²) in [6.07, 6.45) is 16.5. The lowest BCUT2D eigenvalue weighted by atomic mass is 10.0. The highest BCUT2D eigenvalue weighted by Crippen LogP contribution is 2.25. The quantitative estimate of drug-likeness (QED) is 0.0701. The first-order valence-electron chi connectivity index (χ1n) is 18.0. The average Bonchev–Trinajstić information content (AvgIpc) is 3.08. The van der Waals surface area contributed by atoms with Crippen molar-refractivity contribution >= 4 is 34.9 Å². The number of unbranched alkanes of at least 4 members (excludes halogenated alkanes) is 11. The molecule has 258 valence electrons. The predicted molar refractivity (Wildman–Crippen MR) is 196 cm³/mol.